The van der Waals surface area contributed by atoms with Gasteiger partial charge in [-0.1, -0.05) is 33.3 Å². The van der Waals surface area contributed by atoms with E-state index in [1.165, 1.54) is 29.1 Å². The summed E-state index contributed by atoms with van der Waals surface area (Å²) in [5.74, 6) is 0.507. The van der Waals surface area contributed by atoms with Crippen molar-refractivity contribution in [2.24, 2.45) is 0 Å². The van der Waals surface area contributed by atoms with Crippen molar-refractivity contribution in [1.29, 1.82) is 0 Å². The summed E-state index contributed by atoms with van der Waals surface area (Å²) < 4.78 is 7.93. The fourth-order valence-electron chi connectivity index (χ4n) is 2.88. The highest BCUT2D eigenvalue weighted by atomic mass is 79.9. The molecule has 0 aliphatic rings. The van der Waals surface area contributed by atoms with E-state index >= 15 is 0 Å². The summed E-state index contributed by atoms with van der Waals surface area (Å²) in [6.07, 6.45) is 1.46. The van der Waals surface area contributed by atoms with E-state index in [1.54, 1.807) is 31.2 Å². The van der Waals surface area contributed by atoms with Crippen LogP contribution in [0, 0.1) is 17.0 Å². The second kappa shape index (κ2) is 8.94. The highest BCUT2D eigenvalue weighted by Crippen LogP contribution is 2.24. The number of halogens is 1. The second-order valence-corrected chi connectivity index (χ2v) is 7.53. The Morgan fingerprint density at radius 1 is 1.16 bits per heavy atom. The molecule has 0 fully saturated rings. The molecule has 0 saturated heterocycles. The Morgan fingerprint density at radius 2 is 1.97 bits per heavy atom. The van der Waals surface area contributed by atoms with Crippen LogP contribution in [0.4, 0.5) is 11.4 Å². The Bertz CT molecular complexity index is 1310. The molecule has 160 valence electrons. The molecular formula is C21H15BrN6O4. The van der Waals surface area contributed by atoms with E-state index in [0.717, 1.165) is 4.47 Å². The Kier molecular flexibility index (Phi) is 5.90. The van der Waals surface area contributed by atoms with Crippen LogP contribution in [0.1, 0.15) is 16.2 Å². The van der Waals surface area contributed by atoms with Crippen LogP contribution in [-0.2, 0) is 0 Å². The molecule has 0 unspecified atom stereocenters. The van der Waals surface area contributed by atoms with Crippen molar-refractivity contribution in [2.45, 2.75) is 6.92 Å². The van der Waals surface area contributed by atoms with Crippen molar-refractivity contribution in [1.82, 2.24) is 20.0 Å². The molecule has 1 amide bonds. The van der Waals surface area contributed by atoms with Crippen molar-refractivity contribution in [3.63, 3.8) is 0 Å². The third kappa shape index (κ3) is 4.62. The van der Waals surface area contributed by atoms with E-state index in [2.05, 4.69) is 36.5 Å². The number of nitrogens with zero attached hydrogens (tertiary/aromatic N) is 5. The highest BCUT2D eigenvalue weighted by molar-refractivity contribution is 9.10. The zero-order valence-corrected chi connectivity index (χ0v) is 18.2. The number of carbonyl (C=O) groups excluding carboxylic acids is 1. The topological polar surface area (TPSA) is 125 Å². The van der Waals surface area contributed by atoms with E-state index in [0.29, 0.717) is 28.7 Å². The summed E-state index contributed by atoms with van der Waals surface area (Å²) in [7, 11) is 0. The Morgan fingerprint density at radius 3 is 2.69 bits per heavy atom. The van der Waals surface area contributed by atoms with Gasteiger partial charge in [0.15, 0.2) is 5.69 Å². The van der Waals surface area contributed by atoms with E-state index in [-0.39, 0.29) is 11.4 Å². The lowest BCUT2D eigenvalue weighted by Gasteiger charge is -2.07. The minimum atomic E-state index is -0.500. The number of anilines is 1. The van der Waals surface area contributed by atoms with Gasteiger partial charge < -0.3 is 10.1 Å². The summed E-state index contributed by atoms with van der Waals surface area (Å²) in [4.78, 5) is 27.4. The van der Waals surface area contributed by atoms with Crippen LogP contribution in [0.15, 0.2) is 71.3 Å². The van der Waals surface area contributed by atoms with E-state index < -0.39 is 10.8 Å². The standard InChI is InChI=1S/C21H15BrN6O4/c1-13-20(25-26-27(13)16-5-3-6-17(11-16)28(30)31)21(29)24-15-8-9-19(23-12-15)32-18-7-2-4-14(22)10-18/h2-12H,1H3,(H,24,29). The average molecular weight is 495 g/mol. The number of nitro benzene ring substituents is 1. The van der Waals surface area contributed by atoms with Gasteiger partial charge in [-0.2, -0.15) is 0 Å². The summed E-state index contributed by atoms with van der Waals surface area (Å²) in [6, 6.07) is 16.5. The van der Waals surface area contributed by atoms with E-state index in [1.807, 2.05) is 18.2 Å². The van der Waals surface area contributed by atoms with Gasteiger partial charge in [-0.3, -0.25) is 14.9 Å². The maximum atomic E-state index is 12.7. The zero-order valence-electron chi connectivity index (χ0n) is 16.6. The minimum absolute atomic E-state index is 0.0837. The smallest absolute Gasteiger partial charge is 0.278 e. The molecule has 2 aromatic heterocycles. The number of benzene rings is 2. The van der Waals surface area contributed by atoms with E-state index in [4.69, 9.17) is 4.74 Å². The van der Waals surface area contributed by atoms with Gasteiger partial charge in [0.25, 0.3) is 11.6 Å². The normalized spacial score (nSPS) is 10.6. The van der Waals surface area contributed by atoms with Crippen LogP contribution < -0.4 is 10.1 Å². The first kappa shape index (κ1) is 21.1. The summed E-state index contributed by atoms with van der Waals surface area (Å²) >= 11 is 3.38. The maximum Gasteiger partial charge on any atom is 0.278 e. The van der Waals surface area contributed by atoms with Gasteiger partial charge in [0.1, 0.15) is 5.75 Å². The summed E-state index contributed by atoms with van der Waals surface area (Å²) in [5, 5.41) is 21.6. The van der Waals surface area contributed by atoms with Crippen LogP contribution in [-0.4, -0.2) is 30.8 Å². The molecule has 0 radical (unpaired) electrons. The second-order valence-electron chi connectivity index (χ2n) is 6.61. The number of carbonyl (C=O) groups is 1. The molecule has 2 heterocycles. The molecule has 0 atom stereocenters. The molecule has 11 heteroatoms. The molecule has 0 aliphatic carbocycles. The Balaban J connectivity index is 1.47. The fourth-order valence-corrected chi connectivity index (χ4v) is 3.26. The number of non-ortho nitro benzene ring substituents is 1. The molecule has 10 nitrogen and oxygen atoms in total. The third-order valence-corrected chi connectivity index (χ3v) is 4.90. The predicted octanol–water partition coefficient (Wildman–Crippen LogP) is 4.69. The monoisotopic (exact) mass is 494 g/mol. The molecular weight excluding hydrogens is 480 g/mol. The van der Waals surface area contributed by atoms with Gasteiger partial charge in [0.2, 0.25) is 5.88 Å². The van der Waals surface area contributed by atoms with Crippen molar-refractivity contribution in [3.8, 4) is 17.3 Å². The molecule has 32 heavy (non-hydrogen) atoms. The van der Waals surface area contributed by atoms with Crippen molar-refractivity contribution in [2.75, 3.05) is 5.32 Å². The first-order chi connectivity index (χ1) is 15.4. The molecule has 2 aromatic carbocycles. The van der Waals surface area contributed by atoms with Gasteiger partial charge in [0, 0.05) is 22.7 Å². The number of ether oxygens (including phenoxy) is 1. The van der Waals surface area contributed by atoms with E-state index in [9.17, 15) is 14.9 Å². The predicted molar refractivity (Wildman–Crippen MR) is 119 cm³/mol. The van der Waals surface area contributed by atoms with Crippen LogP contribution in [0.5, 0.6) is 11.6 Å². The SMILES string of the molecule is Cc1c(C(=O)Nc2ccc(Oc3cccc(Br)c3)nc2)nnn1-c1cccc([N+](=O)[O-])c1. The molecule has 1 N–H and O–H groups in total. The van der Waals surface area contributed by atoms with Crippen LogP contribution >= 0.6 is 15.9 Å². The lowest BCUT2D eigenvalue weighted by Crippen LogP contribution is -2.14. The quantitative estimate of drug-likeness (QED) is 0.304. The van der Waals surface area contributed by atoms with Gasteiger partial charge in [-0.15, -0.1) is 5.10 Å². The molecule has 0 bridgehead atoms. The number of amides is 1. The molecule has 4 aromatic rings. The van der Waals surface area contributed by atoms with Gasteiger partial charge in [-0.25, -0.2) is 9.67 Å². The van der Waals surface area contributed by atoms with Crippen molar-refractivity contribution < 1.29 is 14.5 Å². The van der Waals surface area contributed by atoms with Crippen molar-refractivity contribution in [3.05, 3.63) is 92.8 Å². The minimum Gasteiger partial charge on any atom is -0.439 e. The number of hydrogen-bond donors (Lipinski definition) is 1. The lowest BCUT2D eigenvalue weighted by molar-refractivity contribution is -0.384. The van der Waals surface area contributed by atoms with Crippen LogP contribution in [0.25, 0.3) is 5.69 Å². The first-order valence-electron chi connectivity index (χ1n) is 9.28. The fraction of sp³-hybridized carbons (Fsp3) is 0.0476. The number of nitrogens with one attached hydrogen (secondary N) is 1. The number of rotatable bonds is 6. The highest BCUT2D eigenvalue weighted by Gasteiger charge is 2.19. The number of nitro groups is 1. The average Bonchev–Trinajstić information content (AvgIpc) is 3.16. The number of aromatic nitrogens is 4. The molecule has 4 rings (SSSR count). The molecule has 0 saturated carbocycles. The molecule has 0 spiro atoms. The number of hydrogen-bond acceptors (Lipinski definition) is 7. The maximum absolute atomic E-state index is 12.7. The summed E-state index contributed by atoms with van der Waals surface area (Å²) in [5.41, 5.74) is 1.32. The lowest BCUT2D eigenvalue weighted by atomic mass is 10.2. The van der Waals surface area contributed by atoms with Gasteiger partial charge in [-0.05, 0) is 37.3 Å². The van der Waals surface area contributed by atoms with Gasteiger partial charge in [0.05, 0.1) is 28.2 Å². The Hall–Kier alpha value is -4.12. The van der Waals surface area contributed by atoms with Gasteiger partial charge >= 0.3 is 0 Å². The summed E-state index contributed by atoms with van der Waals surface area (Å²) in [6.45, 7) is 1.65. The third-order valence-electron chi connectivity index (χ3n) is 4.41. The zero-order chi connectivity index (χ0) is 22.7. The first-order valence-corrected chi connectivity index (χ1v) is 10.1. The Labute approximate surface area is 190 Å². The van der Waals surface area contributed by atoms with Crippen molar-refractivity contribution >= 4 is 33.2 Å². The molecule has 0 aliphatic heterocycles. The largest absolute Gasteiger partial charge is 0.439 e. The number of pyridine rings is 1. The van der Waals surface area contributed by atoms with Crippen LogP contribution in [0.2, 0.25) is 0 Å². The van der Waals surface area contributed by atoms with Crippen LogP contribution in [0.3, 0.4) is 0 Å².